The molecule has 0 aromatic carbocycles. The highest BCUT2D eigenvalue weighted by molar-refractivity contribution is 6.97. The van der Waals surface area contributed by atoms with Crippen LogP contribution in [0.5, 0.6) is 0 Å². The van der Waals surface area contributed by atoms with Gasteiger partial charge in [-0.1, -0.05) is 41.0 Å². The molecule has 1 aliphatic heterocycles. The summed E-state index contributed by atoms with van der Waals surface area (Å²) in [4.78, 5) is 0. The van der Waals surface area contributed by atoms with Crippen LogP contribution in [0.4, 0.5) is 0 Å². The zero-order chi connectivity index (χ0) is 12.9. The Balaban J connectivity index is 2.95. The quantitative estimate of drug-likeness (QED) is 0.584. The zero-order valence-electron chi connectivity index (χ0n) is 12.8. The van der Waals surface area contributed by atoms with Crippen LogP contribution >= 0.6 is 0 Å². The van der Waals surface area contributed by atoms with E-state index in [2.05, 4.69) is 38.8 Å². The molecule has 1 aliphatic rings. The highest BCUT2D eigenvalue weighted by Crippen LogP contribution is 2.45. The van der Waals surface area contributed by atoms with Gasteiger partial charge in [-0.2, -0.15) is 0 Å². The average molecular weight is 272 g/mol. The van der Waals surface area contributed by atoms with Crippen molar-refractivity contribution in [2.75, 3.05) is 6.54 Å². The summed E-state index contributed by atoms with van der Waals surface area (Å²) in [5.41, 5.74) is 0. The van der Waals surface area contributed by atoms with E-state index in [9.17, 15) is 0 Å². The third kappa shape index (κ3) is 2.71. The number of unbranched alkanes of at least 4 members (excludes halogenated alkanes) is 1. The fourth-order valence-corrected chi connectivity index (χ4v) is 20.1. The van der Waals surface area contributed by atoms with Gasteiger partial charge in [0.05, 0.1) is 0 Å². The minimum atomic E-state index is -1.03. The summed E-state index contributed by atoms with van der Waals surface area (Å²) in [6, 6.07) is 9.25. The van der Waals surface area contributed by atoms with Gasteiger partial charge in [0.25, 0.3) is 0 Å². The van der Waals surface area contributed by atoms with Crippen molar-refractivity contribution in [3.05, 3.63) is 0 Å². The van der Waals surface area contributed by atoms with Crippen LogP contribution in [0.3, 0.4) is 0 Å². The molecule has 0 aliphatic carbocycles. The van der Waals surface area contributed by atoms with Crippen molar-refractivity contribution in [3.8, 4) is 0 Å². The number of rotatable bonds is 7. The zero-order valence-corrected chi connectivity index (χ0v) is 14.8. The Morgan fingerprint density at radius 2 is 1.18 bits per heavy atom. The van der Waals surface area contributed by atoms with E-state index in [1.165, 1.54) is 43.6 Å². The maximum Gasteiger partial charge on any atom is 0.121 e. The van der Waals surface area contributed by atoms with E-state index in [-0.39, 0.29) is 0 Å². The molecule has 0 atom stereocenters. The first-order chi connectivity index (χ1) is 8.14. The van der Waals surface area contributed by atoms with Gasteiger partial charge in [-0.15, -0.1) is 0 Å². The molecule has 17 heavy (non-hydrogen) atoms. The van der Waals surface area contributed by atoms with E-state index in [4.69, 9.17) is 0 Å². The van der Waals surface area contributed by atoms with E-state index in [0.717, 1.165) is 0 Å². The van der Waals surface area contributed by atoms with Gasteiger partial charge in [0.2, 0.25) is 0 Å². The summed E-state index contributed by atoms with van der Waals surface area (Å²) in [6.07, 6.45) is 2.80. The molecule has 1 fully saturated rings. The lowest BCUT2D eigenvalue weighted by Crippen LogP contribution is -2.59. The third-order valence-electron chi connectivity index (χ3n) is 5.57. The summed E-state index contributed by atoms with van der Waals surface area (Å²) in [5, 5.41) is 0. The van der Waals surface area contributed by atoms with Crippen LogP contribution < -0.4 is 0 Å². The fourth-order valence-electron chi connectivity index (χ4n) is 4.00. The van der Waals surface area contributed by atoms with Gasteiger partial charge in [-0.25, -0.2) is 0 Å². The second kappa shape index (κ2) is 6.53. The van der Waals surface area contributed by atoms with Crippen LogP contribution in [0.1, 0.15) is 47.5 Å². The van der Waals surface area contributed by atoms with Crippen molar-refractivity contribution in [3.63, 3.8) is 0 Å². The molecule has 1 heterocycles. The number of hydrogen-bond acceptors (Lipinski definition) is 1. The summed E-state index contributed by atoms with van der Waals surface area (Å²) in [5.74, 6) is 0. The van der Waals surface area contributed by atoms with E-state index in [0.29, 0.717) is 0 Å². The molecule has 0 aromatic rings. The van der Waals surface area contributed by atoms with Crippen LogP contribution in [0, 0.1) is 0 Å². The van der Waals surface area contributed by atoms with Crippen LogP contribution in [-0.2, 0) is 0 Å². The van der Waals surface area contributed by atoms with Gasteiger partial charge in [0.1, 0.15) is 16.5 Å². The maximum absolute atomic E-state index is 3.20. The highest BCUT2D eigenvalue weighted by Gasteiger charge is 2.53. The van der Waals surface area contributed by atoms with Crippen LogP contribution in [0.2, 0.25) is 36.3 Å². The largest absolute Gasteiger partial charge is 0.345 e. The normalized spacial score (nSPS) is 23.1. The van der Waals surface area contributed by atoms with Crippen molar-refractivity contribution in [2.24, 2.45) is 0 Å². The predicted octanol–water partition coefficient (Wildman–Crippen LogP) is 5.07. The molecule has 0 bridgehead atoms. The summed E-state index contributed by atoms with van der Waals surface area (Å²) >= 11 is 0. The Labute approximate surface area is 111 Å². The molecule has 0 radical (unpaired) electrons. The molecule has 0 aromatic heterocycles. The maximum atomic E-state index is 3.20. The lowest BCUT2D eigenvalue weighted by atomic mass is 10.3. The van der Waals surface area contributed by atoms with Gasteiger partial charge < -0.3 is 4.23 Å². The minimum absolute atomic E-state index is 1.03. The first-order valence-electron chi connectivity index (χ1n) is 7.92. The Bertz CT molecular complexity index is 202. The van der Waals surface area contributed by atoms with Gasteiger partial charge in [0.15, 0.2) is 0 Å². The molecule has 1 saturated heterocycles. The van der Waals surface area contributed by atoms with E-state index in [1.54, 1.807) is 12.1 Å². The molecule has 0 spiro atoms. The van der Waals surface area contributed by atoms with Crippen molar-refractivity contribution in [2.45, 2.75) is 83.7 Å². The molecule has 1 rings (SSSR count). The Hall–Kier alpha value is 0.394. The van der Waals surface area contributed by atoms with E-state index >= 15 is 0 Å². The third-order valence-corrected chi connectivity index (χ3v) is 19.3. The summed E-state index contributed by atoms with van der Waals surface area (Å²) < 4.78 is 3.20. The second-order valence-electron chi connectivity index (χ2n) is 5.87. The topological polar surface area (TPSA) is 3.24 Å². The molecule has 1 nitrogen and oxygen atoms in total. The number of nitrogens with zero attached hydrogens (tertiary/aromatic N) is 1. The molecule has 0 unspecified atom stereocenters. The molecule has 0 N–H and O–H groups in total. The van der Waals surface area contributed by atoms with Gasteiger partial charge in [-0.05, 0) is 49.2 Å². The standard InChI is InChI=1S/C14H33NSi2/c1-6-11-12-15-16(7-2,8-3)13-14-17(15,9-4)10-5/h6-14H2,1-5H3. The van der Waals surface area contributed by atoms with Crippen LogP contribution in [0.15, 0.2) is 0 Å². The Kier molecular flexibility index (Phi) is 5.93. The average Bonchev–Trinajstić information content (AvgIpc) is 2.71. The van der Waals surface area contributed by atoms with Gasteiger partial charge >= 0.3 is 0 Å². The van der Waals surface area contributed by atoms with E-state index < -0.39 is 16.5 Å². The van der Waals surface area contributed by atoms with Crippen LogP contribution in [0.25, 0.3) is 0 Å². The molecule has 3 heteroatoms. The summed E-state index contributed by atoms with van der Waals surface area (Å²) in [7, 11) is -2.06. The van der Waals surface area contributed by atoms with Crippen molar-refractivity contribution in [1.82, 2.24) is 4.23 Å². The first-order valence-corrected chi connectivity index (χ1v) is 13.1. The Morgan fingerprint density at radius 3 is 1.47 bits per heavy atom. The van der Waals surface area contributed by atoms with Gasteiger partial charge in [-0.3, -0.25) is 0 Å². The van der Waals surface area contributed by atoms with E-state index in [1.807, 2.05) is 0 Å². The molecule has 0 amide bonds. The lowest BCUT2D eigenvalue weighted by Gasteiger charge is -2.45. The van der Waals surface area contributed by atoms with Crippen molar-refractivity contribution >= 4 is 16.5 Å². The SMILES string of the molecule is CCCCN1[Si](CC)(CC)CC[Si]1(CC)CC. The van der Waals surface area contributed by atoms with Gasteiger partial charge in [0, 0.05) is 0 Å². The predicted molar refractivity (Wildman–Crippen MR) is 84.7 cm³/mol. The lowest BCUT2D eigenvalue weighted by molar-refractivity contribution is 0.565. The number of hydrogen-bond donors (Lipinski definition) is 0. The van der Waals surface area contributed by atoms with Crippen LogP contribution in [-0.4, -0.2) is 27.2 Å². The summed E-state index contributed by atoms with van der Waals surface area (Å²) in [6.45, 7) is 13.7. The molecular weight excluding hydrogens is 238 g/mol. The highest BCUT2D eigenvalue weighted by atomic mass is 28.4. The minimum Gasteiger partial charge on any atom is -0.345 e. The second-order valence-corrected chi connectivity index (χ2v) is 16.1. The fraction of sp³-hybridized carbons (Fsp3) is 1.00. The first kappa shape index (κ1) is 15.5. The molecule has 0 saturated carbocycles. The smallest absolute Gasteiger partial charge is 0.121 e. The monoisotopic (exact) mass is 271 g/mol. The van der Waals surface area contributed by atoms with Crippen molar-refractivity contribution < 1.29 is 0 Å². The molecule has 102 valence electrons. The molecular formula is C14H33NSi2. The Morgan fingerprint density at radius 1 is 0.765 bits per heavy atom. The van der Waals surface area contributed by atoms with Crippen molar-refractivity contribution in [1.29, 1.82) is 0 Å².